The van der Waals surface area contributed by atoms with E-state index in [1.165, 1.54) is 17.0 Å². The van der Waals surface area contributed by atoms with Gasteiger partial charge < -0.3 is 19.9 Å². The Balaban J connectivity index is 1.36. The van der Waals surface area contributed by atoms with Crippen molar-refractivity contribution < 1.29 is 23.5 Å². The van der Waals surface area contributed by atoms with Crippen molar-refractivity contribution in [2.75, 3.05) is 51.7 Å². The molecule has 1 aromatic heterocycles. The van der Waals surface area contributed by atoms with Crippen LogP contribution in [0.25, 0.3) is 10.8 Å². The molecule has 12 heteroatoms. The largest absolute Gasteiger partial charge is 0.447 e. The maximum absolute atomic E-state index is 13.9. The van der Waals surface area contributed by atoms with Crippen molar-refractivity contribution in [1.29, 1.82) is 0 Å². The number of aromatic nitrogens is 1. The number of benzene rings is 2. The third kappa shape index (κ3) is 9.27. The highest BCUT2D eigenvalue weighted by Gasteiger charge is 2.26. The summed E-state index contributed by atoms with van der Waals surface area (Å²) in [4.78, 5) is 48.7. The molecule has 3 aromatic rings. The second-order valence-electron chi connectivity index (χ2n) is 11.4. The number of hydrogen-bond donors (Lipinski definition) is 2. The van der Waals surface area contributed by atoms with E-state index >= 15 is 0 Å². The summed E-state index contributed by atoms with van der Waals surface area (Å²) >= 11 is 6.04. The van der Waals surface area contributed by atoms with Crippen LogP contribution in [0.5, 0.6) is 0 Å². The van der Waals surface area contributed by atoms with Crippen LogP contribution in [0.2, 0.25) is 5.02 Å². The molecule has 0 saturated carbocycles. The first-order valence-electron chi connectivity index (χ1n) is 14.8. The first-order valence-corrected chi connectivity index (χ1v) is 15.2. The number of hydrogen-bond acceptors (Lipinski definition) is 6. The quantitative estimate of drug-likeness (QED) is 0.297. The molecule has 0 aliphatic carbocycles. The van der Waals surface area contributed by atoms with E-state index < -0.39 is 24.0 Å². The van der Waals surface area contributed by atoms with Crippen LogP contribution in [-0.4, -0.2) is 90.1 Å². The van der Waals surface area contributed by atoms with E-state index in [0.717, 1.165) is 30.4 Å². The normalized spacial score (nSPS) is 14.4. The van der Waals surface area contributed by atoms with Crippen LogP contribution in [0, 0.1) is 11.7 Å². The predicted molar refractivity (Wildman–Crippen MR) is 169 cm³/mol. The van der Waals surface area contributed by atoms with Crippen molar-refractivity contribution in [3.05, 3.63) is 71.1 Å². The van der Waals surface area contributed by atoms with Gasteiger partial charge in [0.25, 0.3) is 0 Å². The molecular weight excluding hydrogens is 587 g/mol. The second-order valence-corrected chi connectivity index (χ2v) is 11.8. The molecule has 1 saturated heterocycles. The van der Waals surface area contributed by atoms with Gasteiger partial charge in [0.1, 0.15) is 18.2 Å². The number of halogens is 2. The minimum atomic E-state index is -0.731. The molecule has 2 aromatic carbocycles. The minimum absolute atomic E-state index is 0.00104. The molecule has 1 aliphatic rings. The third-order valence-electron chi connectivity index (χ3n) is 7.64. The molecule has 0 unspecified atom stereocenters. The second kappa shape index (κ2) is 15.7. The highest BCUT2D eigenvalue weighted by Crippen LogP contribution is 2.20. The van der Waals surface area contributed by atoms with Gasteiger partial charge in [0.2, 0.25) is 5.91 Å². The van der Waals surface area contributed by atoms with Crippen LogP contribution in [0.3, 0.4) is 0 Å². The lowest BCUT2D eigenvalue weighted by atomic mass is 10.1. The van der Waals surface area contributed by atoms with Gasteiger partial charge in [-0.05, 0) is 35.4 Å². The molecule has 0 bridgehead atoms. The highest BCUT2D eigenvalue weighted by molar-refractivity contribution is 6.31. The number of rotatable bonds is 11. The minimum Gasteiger partial charge on any atom is -0.447 e. The Kier molecular flexibility index (Phi) is 11.7. The van der Waals surface area contributed by atoms with Crippen LogP contribution in [0.15, 0.2) is 54.7 Å². The van der Waals surface area contributed by atoms with Gasteiger partial charge in [0.05, 0.1) is 11.1 Å². The zero-order valence-electron chi connectivity index (χ0n) is 25.4. The molecular formula is C32H40ClFN6O4. The van der Waals surface area contributed by atoms with Crippen molar-refractivity contribution in [1.82, 2.24) is 25.0 Å². The summed E-state index contributed by atoms with van der Waals surface area (Å²) in [6.07, 6.45) is 1.38. The molecule has 10 nitrogen and oxygen atoms in total. The standard InChI is InChI=1S/C32H40ClFN6O4/c1-22(2)20-39-13-15-40(16-14-39)29(41)12-11-26(38(3)31(42)36-19-25-9-6-10-27(34)30(25)33)21-44-32(43)37-28-17-23-7-4-5-8-24(23)18-35-28/h4-10,17-18,22,26H,11-16,19-21H2,1-3H3,(H,36,42)(H,35,37,43)/t26-/m0/s1. The number of ether oxygens (including phenoxy) is 1. The number of urea groups is 1. The molecule has 4 rings (SSSR count). The monoisotopic (exact) mass is 626 g/mol. The summed E-state index contributed by atoms with van der Waals surface area (Å²) < 4.78 is 19.4. The van der Waals surface area contributed by atoms with Gasteiger partial charge in [0.15, 0.2) is 0 Å². The fourth-order valence-electron chi connectivity index (χ4n) is 5.14. The lowest BCUT2D eigenvalue weighted by molar-refractivity contribution is -0.133. The number of fused-ring (bicyclic) bond motifs is 1. The van der Waals surface area contributed by atoms with E-state index in [1.807, 2.05) is 29.2 Å². The molecule has 1 fully saturated rings. The van der Waals surface area contributed by atoms with E-state index in [4.69, 9.17) is 16.3 Å². The number of carbonyl (C=O) groups is 3. The Morgan fingerprint density at radius 1 is 1.07 bits per heavy atom. The number of pyridine rings is 1. The van der Waals surface area contributed by atoms with Gasteiger partial charge in [-0.1, -0.05) is 61.8 Å². The van der Waals surface area contributed by atoms with E-state index in [9.17, 15) is 18.8 Å². The Morgan fingerprint density at radius 3 is 2.52 bits per heavy atom. The average molecular weight is 627 g/mol. The Labute approximate surface area is 262 Å². The molecule has 236 valence electrons. The van der Waals surface area contributed by atoms with Crippen LogP contribution in [-0.2, 0) is 16.1 Å². The van der Waals surface area contributed by atoms with Gasteiger partial charge in [-0.2, -0.15) is 0 Å². The van der Waals surface area contributed by atoms with Crippen molar-refractivity contribution in [2.45, 2.75) is 39.3 Å². The summed E-state index contributed by atoms with van der Waals surface area (Å²) in [7, 11) is 1.56. The molecule has 1 aliphatic heterocycles. The molecule has 0 radical (unpaired) electrons. The first-order chi connectivity index (χ1) is 21.1. The molecule has 44 heavy (non-hydrogen) atoms. The zero-order valence-corrected chi connectivity index (χ0v) is 26.1. The van der Waals surface area contributed by atoms with Crippen LogP contribution in [0.4, 0.5) is 19.8 Å². The van der Waals surface area contributed by atoms with Crippen molar-refractivity contribution in [3.63, 3.8) is 0 Å². The molecule has 1 atom stereocenters. The Morgan fingerprint density at radius 2 is 1.80 bits per heavy atom. The van der Waals surface area contributed by atoms with Crippen molar-refractivity contribution in [3.8, 4) is 0 Å². The fourth-order valence-corrected chi connectivity index (χ4v) is 5.34. The molecule has 2 N–H and O–H groups in total. The summed E-state index contributed by atoms with van der Waals surface area (Å²) in [5.74, 6) is 0.304. The lowest BCUT2D eigenvalue weighted by Crippen LogP contribution is -2.50. The van der Waals surface area contributed by atoms with Gasteiger partial charge in [-0.15, -0.1) is 0 Å². The van der Waals surface area contributed by atoms with Gasteiger partial charge in [-0.25, -0.2) is 19.0 Å². The van der Waals surface area contributed by atoms with Crippen LogP contribution >= 0.6 is 11.6 Å². The highest BCUT2D eigenvalue weighted by atomic mass is 35.5. The van der Waals surface area contributed by atoms with E-state index in [-0.39, 0.29) is 36.9 Å². The number of carbonyl (C=O) groups excluding carboxylic acids is 3. The lowest BCUT2D eigenvalue weighted by Gasteiger charge is -2.36. The summed E-state index contributed by atoms with van der Waals surface area (Å²) in [5.41, 5.74) is 0.426. The number of nitrogens with one attached hydrogen (secondary N) is 2. The predicted octanol–water partition coefficient (Wildman–Crippen LogP) is 5.37. The molecule has 2 heterocycles. The summed E-state index contributed by atoms with van der Waals surface area (Å²) in [5, 5.41) is 7.14. The zero-order chi connectivity index (χ0) is 31.6. The van der Waals surface area contributed by atoms with Crippen molar-refractivity contribution in [2.24, 2.45) is 5.92 Å². The number of nitrogens with zero attached hydrogens (tertiary/aromatic N) is 4. The fraction of sp³-hybridized carbons (Fsp3) is 0.438. The van der Waals surface area contributed by atoms with Crippen LogP contribution in [0.1, 0.15) is 32.3 Å². The van der Waals surface area contributed by atoms with Crippen molar-refractivity contribution >= 4 is 46.2 Å². The van der Waals surface area contributed by atoms with Gasteiger partial charge in [-0.3, -0.25) is 15.0 Å². The summed E-state index contributed by atoms with van der Waals surface area (Å²) in [6, 6.07) is 12.7. The average Bonchev–Trinajstić information content (AvgIpc) is 3.01. The maximum atomic E-state index is 13.9. The number of likely N-dealkylation sites (N-methyl/N-ethyl adjacent to an activating group) is 1. The number of anilines is 1. The third-order valence-corrected chi connectivity index (χ3v) is 8.06. The maximum Gasteiger partial charge on any atom is 0.412 e. The Hall–Kier alpha value is -3.96. The SMILES string of the molecule is CC(C)CN1CCN(C(=O)CC[C@@H](COC(=O)Nc2cc3ccccc3cn2)N(C)C(=O)NCc2cccc(F)c2Cl)CC1. The topological polar surface area (TPSA) is 107 Å². The smallest absolute Gasteiger partial charge is 0.412 e. The van der Waals surface area contributed by atoms with Gasteiger partial charge >= 0.3 is 12.1 Å². The van der Waals surface area contributed by atoms with E-state index in [1.54, 1.807) is 25.4 Å². The van der Waals surface area contributed by atoms with E-state index in [0.29, 0.717) is 30.4 Å². The Bertz CT molecular complexity index is 1450. The van der Waals surface area contributed by atoms with Crippen LogP contribution < -0.4 is 10.6 Å². The molecule has 4 amide bonds. The molecule has 0 spiro atoms. The summed E-state index contributed by atoms with van der Waals surface area (Å²) in [6.45, 7) is 8.15. The van der Waals surface area contributed by atoms with E-state index in [2.05, 4.69) is 34.4 Å². The number of piperazine rings is 1. The van der Waals surface area contributed by atoms with Gasteiger partial charge in [0, 0.05) is 64.3 Å². The first kappa shape index (κ1) is 32.9. The number of amides is 4.